The van der Waals surface area contributed by atoms with Crippen LogP contribution in [0.3, 0.4) is 0 Å². The molecule has 1 amide bonds. The maximum atomic E-state index is 12.1. The number of hydrogen-bond acceptors (Lipinski definition) is 5. The zero-order valence-electron chi connectivity index (χ0n) is 13.1. The number of tetrazole rings is 1. The fraction of sp³-hybridized carbons (Fsp3) is 0.467. The summed E-state index contributed by atoms with van der Waals surface area (Å²) in [6.45, 7) is 0.0587. The summed E-state index contributed by atoms with van der Waals surface area (Å²) in [5.74, 6) is 0.364. The van der Waals surface area contributed by atoms with Crippen molar-refractivity contribution in [3.8, 4) is 11.4 Å². The van der Waals surface area contributed by atoms with Gasteiger partial charge in [0.2, 0.25) is 11.7 Å². The average molecular weight is 371 g/mol. The number of benzene rings is 1. The van der Waals surface area contributed by atoms with Gasteiger partial charge in [-0.05, 0) is 55.2 Å². The molecule has 0 spiro atoms. The molecule has 0 saturated heterocycles. The van der Waals surface area contributed by atoms with Crippen molar-refractivity contribution in [3.05, 3.63) is 29.3 Å². The Hall–Kier alpha value is -1.70. The molecule has 0 aliphatic heterocycles. The first-order valence-corrected chi connectivity index (χ1v) is 8.06. The number of carbonyl (C=O) groups is 1. The summed E-state index contributed by atoms with van der Waals surface area (Å²) >= 11 is 5.85. The van der Waals surface area contributed by atoms with E-state index in [2.05, 4.69) is 20.7 Å². The van der Waals surface area contributed by atoms with Gasteiger partial charge in [0.25, 0.3) is 0 Å². The van der Waals surface area contributed by atoms with Crippen LogP contribution >= 0.6 is 24.0 Å². The van der Waals surface area contributed by atoms with E-state index in [1.54, 1.807) is 12.1 Å². The Bertz CT molecular complexity index is 667. The van der Waals surface area contributed by atoms with Crippen molar-refractivity contribution < 1.29 is 4.79 Å². The van der Waals surface area contributed by atoms with Crippen LogP contribution in [0.15, 0.2) is 24.3 Å². The summed E-state index contributed by atoms with van der Waals surface area (Å²) in [5, 5.41) is 15.8. The molecule has 1 aliphatic rings. The van der Waals surface area contributed by atoms with E-state index in [1.807, 2.05) is 12.1 Å². The molecule has 130 valence electrons. The van der Waals surface area contributed by atoms with Crippen LogP contribution in [-0.2, 0) is 11.3 Å². The van der Waals surface area contributed by atoms with Crippen LogP contribution in [0.25, 0.3) is 11.4 Å². The number of nitrogens with one attached hydrogen (secondary N) is 1. The molecule has 2 aromatic rings. The summed E-state index contributed by atoms with van der Waals surface area (Å²) in [7, 11) is 0. The van der Waals surface area contributed by atoms with Crippen molar-refractivity contribution in [2.24, 2.45) is 5.73 Å². The highest BCUT2D eigenvalue weighted by Gasteiger charge is 2.20. The molecule has 0 atom stereocenters. The highest BCUT2D eigenvalue weighted by atomic mass is 35.5. The summed E-state index contributed by atoms with van der Waals surface area (Å²) in [6, 6.07) is 7.61. The molecule has 24 heavy (non-hydrogen) atoms. The quantitative estimate of drug-likeness (QED) is 0.854. The third-order valence-electron chi connectivity index (χ3n) is 3.98. The fourth-order valence-electron chi connectivity index (χ4n) is 2.69. The summed E-state index contributed by atoms with van der Waals surface area (Å²) < 4.78 is 0. The Kier molecular flexibility index (Phi) is 6.53. The molecule has 1 saturated carbocycles. The standard InChI is InChI=1S/C15H19ClN6O.ClH/c16-11-3-1-10(2-4-11)15-19-21-22(20-15)9-14(23)18-13-7-5-12(17)6-8-13;/h1-4,12-13H,5-9,17H2,(H,18,23);1H. The van der Waals surface area contributed by atoms with Crippen LogP contribution in [0.5, 0.6) is 0 Å². The van der Waals surface area contributed by atoms with E-state index in [-0.39, 0.29) is 36.9 Å². The van der Waals surface area contributed by atoms with Crippen molar-refractivity contribution in [1.29, 1.82) is 0 Å². The van der Waals surface area contributed by atoms with Crippen molar-refractivity contribution in [1.82, 2.24) is 25.5 Å². The molecular formula is C15H20Cl2N6O. The molecular weight excluding hydrogens is 351 g/mol. The normalized spacial score (nSPS) is 20.2. The van der Waals surface area contributed by atoms with E-state index in [0.29, 0.717) is 10.8 Å². The molecule has 3 N–H and O–H groups in total. The fourth-order valence-corrected chi connectivity index (χ4v) is 2.82. The maximum absolute atomic E-state index is 12.1. The van der Waals surface area contributed by atoms with Gasteiger partial charge >= 0.3 is 0 Å². The van der Waals surface area contributed by atoms with E-state index in [4.69, 9.17) is 17.3 Å². The largest absolute Gasteiger partial charge is 0.352 e. The van der Waals surface area contributed by atoms with Gasteiger partial charge in [0.15, 0.2) is 0 Å². The Morgan fingerprint density at radius 2 is 1.92 bits per heavy atom. The molecule has 1 heterocycles. The number of hydrogen-bond donors (Lipinski definition) is 2. The van der Waals surface area contributed by atoms with Crippen LogP contribution in [0.4, 0.5) is 0 Å². The lowest BCUT2D eigenvalue weighted by Gasteiger charge is -2.26. The molecule has 0 unspecified atom stereocenters. The highest BCUT2D eigenvalue weighted by Crippen LogP contribution is 2.18. The third kappa shape index (κ3) is 4.90. The zero-order valence-corrected chi connectivity index (χ0v) is 14.6. The smallest absolute Gasteiger partial charge is 0.243 e. The molecule has 1 aliphatic carbocycles. The van der Waals surface area contributed by atoms with Crippen LogP contribution in [-0.4, -0.2) is 38.2 Å². The van der Waals surface area contributed by atoms with Crippen LogP contribution in [0.1, 0.15) is 25.7 Å². The first-order chi connectivity index (χ1) is 11.1. The van der Waals surface area contributed by atoms with Gasteiger partial charge in [-0.15, -0.1) is 22.6 Å². The SMILES string of the molecule is Cl.NC1CCC(NC(=O)Cn2nnc(-c3ccc(Cl)cc3)n2)CC1. The van der Waals surface area contributed by atoms with Crippen LogP contribution < -0.4 is 11.1 Å². The Labute approximate surface area is 151 Å². The van der Waals surface area contributed by atoms with Gasteiger partial charge < -0.3 is 11.1 Å². The predicted octanol–water partition coefficient (Wildman–Crippen LogP) is 1.80. The van der Waals surface area contributed by atoms with Gasteiger partial charge in [-0.3, -0.25) is 4.79 Å². The van der Waals surface area contributed by atoms with Crippen molar-refractivity contribution in [2.45, 2.75) is 44.3 Å². The van der Waals surface area contributed by atoms with E-state index in [9.17, 15) is 4.79 Å². The van der Waals surface area contributed by atoms with E-state index >= 15 is 0 Å². The Morgan fingerprint density at radius 1 is 1.25 bits per heavy atom. The number of rotatable bonds is 4. The first kappa shape index (κ1) is 18.6. The first-order valence-electron chi connectivity index (χ1n) is 7.69. The Morgan fingerprint density at radius 3 is 2.58 bits per heavy atom. The number of aromatic nitrogens is 4. The molecule has 1 aromatic heterocycles. The summed E-state index contributed by atoms with van der Waals surface area (Å²) in [4.78, 5) is 13.4. The van der Waals surface area contributed by atoms with Gasteiger partial charge in [0.1, 0.15) is 6.54 Å². The van der Waals surface area contributed by atoms with Crippen molar-refractivity contribution in [3.63, 3.8) is 0 Å². The second-order valence-electron chi connectivity index (χ2n) is 5.83. The van der Waals surface area contributed by atoms with E-state index in [0.717, 1.165) is 31.2 Å². The number of nitrogens with zero attached hydrogens (tertiary/aromatic N) is 4. The second kappa shape index (κ2) is 8.41. The topological polar surface area (TPSA) is 98.7 Å². The number of nitrogens with two attached hydrogens (primary N) is 1. The van der Waals surface area contributed by atoms with Gasteiger partial charge in [-0.2, -0.15) is 4.80 Å². The maximum Gasteiger partial charge on any atom is 0.243 e. The lowest BCUT2D eigenvalue weighted by Crippen LogP contribution is -2.41. The monoisotopic (exact) mass is 370 g/mol. The lowest BCUT2D eigenvalue weighted by atomic mass is 9.92. The molecule has 1 fully saturated rings. The molecule has 0 radical (unpaired) electrons. The molecule has 9 heteroatoms. The van der Waals surface area contributed by atoms with E-state index in [1.165, 1.54) is 4.80 Å². The van der Waals surface area contributed by atoms with Gasteiger partial charge in [-0.25, -0.2) is 0 Å². The third-order valence-corrected chi connectivity index (χ3v) is 4.23. The van der Waals surface area contributed by atoms with Crippen molar-refractivity contribution in [2.75, 3.05) is 0 Å². The van der Waals surface area contributed by atoms with Crippen LogP contribution in [0, 0.1) is 0 Å². The summed E-state index contributed by atoms with van der Waals surface area (Å²) in [6.07, 6.45) is 3.75. The van der Waals surface area contributed by atoms with Crippen molar-refractivity contribution >= 4 is 29.9 Å². The minimum atomic E-state index is -0.106. The molecule has 1 aromatic carbocycles. The minimum Gasteiger partial charge on any atom is -0.352 e. The zero-order chi connectivity index (χ0) is 16.2. The number of carbonyl (C=O) groups excluding carboxylic acids is 1. The summed E-state index contributed by atoms with van der Waals surface area (Å²) in [5.41, 5.74) is 6.67. The van der Waals surface area contributed by atoms with Gasteiger partial charge in [-0.1, -0.05) is 11.6 Å². The Balaban J connectivity index is 0.00000208. The molecule has 3 rings (SSSR count). The molecule has 0 bridgehead atoms. The highest BCUT2D eigenvalue weighted by molar-refractivity contribution is 6.30. The predicted molar refractivity (Wildman–Crippen MR) is 93.9 cm³/mol. The second-order valence-corrected chi connectivity index (χ2v) is 6.27. The van der Waals surface area contributed by atoms with Crippen LogP contribution in [0.2, 0.25) is 5.02 Å². The average Bonchev–Trinajstić information content (AvgIpc) is 2.98. The number of amides is 1. The van der Waals surface area contributed by atoms with Gasteiger partial charge in [0, 0.05) is 22.7 Å². The minimum absolute atomic E-state index is 0. The van der Waals surface area contributed by atoms with E-state index < -0.39 is 0 Å². The molecule has 7 nitrogen and oxygen atoms in total. The van der Waals surface area contributed by atoms with Gasteiger partial charge in [0.05, 0.1) is 0 Å². The lowest BCUT2D eigenvalue weighted by molar-refractivity contribution is -0.123. The number of halogens is 2.